The Morgan fingerprint density at radius 3 is 2.47 bits per heavy atom. The summed E-state index contributed by atoms with van der Waals surface area (Å²) in [4.78, 5) is 12.0. The van der Waals surface area contributed by atoms with Gasteiger partial charge in [0.25, 0.3) is 0 Å². The van der Waals surface area contributed by atoms with Gasteiger partial charge in [-0.05, 0) is 24.8 Å². The number of esters is 1. The summed E-state index contributed by atoms with van der Waals surface area (Å²) in [5.41, 5.74) is 1.27. The molecule has 0 N–H and O–H groups in total. The van der Waals surface area contributed by atoms with Crippen LogP contribution in [-0.2, 0) is 9.53 Å². The van der Waals surface area contributed by atoms with Gasteiger partial charge in [-0.1, -0.05) is 63.6 Å². The Hall–Kier alpha value is -1.57. The lowest BCUT2D eigenvalue weighted by molar-refractivity contribution is -0.142. The molecule has 0 amide bonds. The fraction of sp³-hybridized carbons (Fsp3) is 0.471. The minimum absolute atomic E-state index is 0.0134. The molecule has 0 aliphatic heterocycles. The molecule has 1 atom stereocenters. The van der Waals surface area contributed by atoms with E-state index in [1.807, 2.05) is 30.3 Å². The van der Waals surface area contributed by atoms with Gasteiger partial charge in [0.2, 0.25) is 0 Å². The maximum Gasteiger partial charge on any atom is 0.338 e. The van der Waals surface area contributed by atoms with E-state index in [-0.39, 0.29) is 12.1 Å². The lowest BCUT2D eigenvalue weighted by Gasteiger charge is -2.17. The van der Waals surface area contributed by atoms with Gasteiger partial charge in [-0.25, -0.2) is 4.79 Å². The second-order valence-electron chi connectivity index (χ2n) is 4.78. The first-order chi connectivity index (χ1) is 9.19. The molecule has 1 aromatic carbocycles. The molecule has 2 nitrogen and oxygen atoms in total. The van der Waals surface area contributed by atoms with Crippen LogP contribution in [0.5, 0.6) is 0 Å². The van der Waals surface area contributed by atoms with Crippen molar-refractivity contribution in [3.8, 4) is 0 Å². The van der Waals surface area contributed by atoms with E-state index in [0.717, 1.165) is 24.8 Å². The Morgan fingerprint density at radius 1 is 1.21 bits per heavy atom. The molecular formula is C17H24O2. The van der Waals surface area contributed by atoms with Crippen LogP contribution in [0, 0.1) is 0 Å². The van der Waals surface area contributed by atoms with Crippen LogP contribution in [0.1, 0.15) is 51.5 Å². The van der Waals surface area contributed by atoms with Gasteiger partial charge in [-0.2, -0.15) is 0 Å². The van der Waals surface area contributed by atoms with E-state index in [9.17, 15) is 4.79 Å². The number of benzene rings is 1. The number of hydrogen-bond donors (Lipinski definition) is 0. The first kappa shape index (κ1) is 15.5. The second-order valence-corrected chi connectivity index (χ2v) is 4.78. The smallest absolute Gasteiger partial charge is 0.338 e. The summed E-state index contributed by atoms with van der Waals surface area (Å²) in [5.74, 6) is -0.297. The van der Waals surface area contributed by atoms with Crippen molar-refractivity contribution in [3.63, 3.8) is 0 Å². The summed E-state index contributed by atoms with van der Waals surface area (Å²) < 4.78 is 5.52. The zero-order valence-corrected chi connectivity index (χ0v) is 12.0. The summed E-state index contributed by atoms with van der Waals surface area (Å²) in [5, 5.41) is 0. The monoisotopic (exact) mass is 260 g/mol. The van der Waals surface area contributed by atoms with Crippen LogP contribution in [0.4, 0.5) is 0 Å². The van der Waals surface area contributed by atoms with E-state index in [0.29, 0.717) is 5.57 Å². The van der Waals surface area contributed by atoms with Crippen LogP contribution in [0.25, 0.3) is 5.57 Å². The number of unbranched alkanes of at least 4 members (excludes halogenated alkanes) is 2. The molecule has 0 saturated heterocycles. The number of carbonyl (C=O) groups excluding carboxylic acids is 1. The van der Waals surface area contributed by atoms with Gasteiger partial charge in [-0.15, -0.1) is 0 Å². The molecule has 0 saturated carbocycles. The van der Waals surface area contributed by atoms with E-state index in [2.05, 4.69) is 20.4 Å². The molecule has 0 aliphatic carbocycles. The number of carbonyl (C=O) groups is 1. The Kier molecular flexibility index (Phi) is 6.94. The summed E-state index contributed by atoms with van der Waals surface area (Å²) in [6.07, 6.45) is 5.30. The van der Waals surface area contributed by atoms with E-state index in [1.54, 1.807) is 0 Å². The first-order valence-corrected chi connectivity index (χ1v) is 7.14. The molecule has 0 heterocycles. The molecule has 0 radical (unpaired) electrons. The number of hydrogen-bond acceptors (Lipinski definition) is 2. The third-order valence-corrected chi connectivity index (χ3v) is 3.23. The SMILES string of the molecule is C=C(C(=O)OC(CC)CCCCC)c1ccccc1. The largest absolute Gasteiger partial charge is 0.459 e. The lowest BCUT2D eigenvalue weighted by atomic mass is 10.1. The van der Waals surface area contributed by atoms with Crippen molar-refractivity contribution < 1.29 is 9.53 Å². The van der Waals surface area contributed by atoms with Gasteiger partial charge in [0.05, 0.1) is 5.57 Å². The van der Waals surface area contributed by atoms with Gasteiger partial charge in [0, 0.05) is 0 Å². The number of ether oxygens (including phenoxy) is 1. The predicted molar refractivity (Wildman–Crippen MR) is 79.8 cm³/mol. The highest BCUT2D eigenvalue weighted by atomic mass is 16.5. The third kappa shape index (κ3) is 5.29. The molecular weight excluding hydrogens is 236 g/mol. The predicted octanol–water partition coefficient (Wildman–Crippen LogP) is 4.60. The molecule has 0 spiro atoms. The highest BCUT2D eigenvalue weighted by Gasteiger charge is 2.16. The molecule has 104 valence electrons. The highest BCUT2D eigenvalue weighted by molar-refractivity contribution is 6.15. The Bertz CT molecular complexity index is 395. The maximum atomic E-state index is 12.0. The van der Waals surface area contributed by atoms with Crippen LogP contribution in [0.3, 0.4) is 0 Å². The van der Waals surface area contributed by atoms with E-state index in [1.165, 1.54) is 12.8 Å². The quantitative estimate of drug-likeness (QED) is 0.388. The van der Waals surface area contributed by atoms with Crippen LogP contribution < -0.4 is 0 Å². The van der Waals surface area contributed by atoms with Crippen molar-refractivity contribution in [2.24, 2.45) is 0 Å². The van der Waals surface area contributed by atoms with Crippen LogP contribution in [0.2, 0.25) is 0 Å². The van der Waals surface area contributed by atoms with Crippen molar-refractivity contribution in [1.29, 1.82) is 0 Å². The summed E-state index contributed by atoms with van der Waals surface area (Å²) in [6, 6.07) is 9.46. The van der Waals surface area contributed by atoms with Crippen LogP contribution >= 0.6 is 0 Å². The number of rotatable bonds is 8. The van der Waals surface area contributed by atoms with E-state index < -0.39 is 0 Å². The summed E-state index contributed by atoms with van der Waals surface area (Å²) in [7, 11) is 0. The second kappa shape index (κ2) is 8.52. The third-order valence-electron chi connectivity index (χ3n) is 3.23. The molecule has 1 unspecified atom stereocenters. The minimum Gasteiger partial charge on any atom is -0.459 e. The normalized spacial score (nSPS) is 11.9. The summed E-state index contributed by atoms with van der Waals surface area (Å²) in [6.45, 7) is 8.06. The molecule has 0 aliphatic rings. The van der Waals surface area contributed by atoms with Crippen molar-refractivity contribution in [2.75, 3.05) is 0 Å². The molecule has 0 aromatic heterocycles. The van der Waals surface area contributed by atoms with Gasteiger partial charge >= 0.3 is 5.97 Å². The van der Waals surface area contributed by atoms with Gasteiger partial charge in [0.1, 0.15) is 6.10 Å². The fourth-order valence-corrected chi connectivity index (χ4v) is 1.95. The van der Waals surface area contributed by atoms with Crippen molar-refractivity contribution >= 4 is 11.5 Å². The van der Waals surface area contributed by atoms with Crippen LogP contribution in [-0.4, -0.2) is 12.1 Å². The Morgan fingerprint density at radius 2 is 1.89 bits per heavy atom. The topological polar surface area (TPSA) is 26.3 Å². The van der Waals surface area contributed by atoms with Crippen molar-refractivity contribution in [1.82, 2.24) is 0 Å². The molecule has 1 aromatic rings. The van der Waals surface area contributed by atoms with Gasteiger partial charge in [0.15, 0.2) is 0 Å². The highest BCUT2D eigenvalue weighted by Crippen LogP contribution is 2.17. The zero-order valence-electron chi connectivity index (χ0n) is 12.0. The summed E-state index contributed by atoms with van der Waals surface area (Å²) >= 11 is 0. The standard InChI is InChI=1S/C17H24O2/c1-4-6-8-13-16(5-2)19-17(18)14(3)15-11-9-7-10-12-15/h7,9-12,16H,3-6,8,13H2,1-2H3. The zero-order chi connectivity index (χ0) is 14.1. The average Bonchev–Trinajstić information content (AvgIpc) is 2.46. The van der Waals surface area contributed by atoms with Gasteiger partial charge in [-0.3, -0.25) is 0 Å². The van der Waals surface area contributed by atoms with Crippen molar-refractivity contribution in [3.05, 3.63) is 42.5 Å². The van der Waals surface area contributed by atoms with E-state index in [4.69, 9.17) is 4.74 Å². The van der Waals surface area contributed by atoms with Gasteiger partial charge < -0.3 is 4.74 Å². The molecule has 1 rings (SSSR count). The minimum atomic E-state index is -0.297. The van der Waals surface area contributed by atoms with E-state index >= 15 is 0 Å². The first-order valence-electron chi connectivity index (χ1n) is 7.14. The molecule has 0 bridgehead atoms. The lowest BCUT2D eigenvalue weighted by Crippen LogP contribution is -2.18. The van der Waals surface area contributed by atoms with Crippen molar-refractivity contribution in [2.45, 2.75) is 52.1 Å². The maximum absolute atomic E-state index is 12.0. The fourth-order valence-electron chi connectivity index (χ4n) is 1.95. The Balaban J connectivity index is 2.50. The average molecular weight is 260 g/mol. The van der Waals surface area contributed by atoms with Crippen LogP contribution in [0.15, 0.2) is 36.9 Å². The molecule has 19 heavy (non-hydrogen) atoms. The molecule has 0 fully saturated rings. The Labute approximate surface area is 116 Å². The molecule has 2 heteroatoms.